The standard InChI is InChI=1S/C22H21N5O4S/c28-27(29)20-21(23-14-24-22(20)32-17-4-2-1-3-5-17)26-10-8-25(9-11-26)13-16-6-7-18-19(12-16)31-15-30-18/h1-7,12,14H,8-11,13,15H2. The molecular formula is C22H21N5O4S. The summed E-state index contributed by atoms with van der Waals surface area (Å²) in [5, 5.41) is 12.3. The van der Waals surface area contributed by atoms with Crippen LogP contribution >= 0.6 is 11.8 Å². The van der Waals surface area contributed by atoms with Crippen molar-refractivity contribution in [3.8, 4) is 11.5 Å². The van der Waals surface area contributed by atoms with E-state index >= 15 is 0 Å². The van der Waals surface area contributed by atoms with E-state index in [0.29, 0.717) is 23.9 Å². The number of piperazine rings is 1. The van der Waals surface area contributed by atoms with Crippen molar-refractivity contribution in [3.63, 3.8) is 0 Å². The summed E-state index contributed by atoms with van der Waals surface area (Å²) in [6.45, 7) is 3.90. The summed E-state index contributed by atoms with van der Waals surface area (Å²) in [7, 11) is 0. The molecule has 5 rings (SSSR count). The van der Waals surface area contributed by atoms with Crippen molar-refractivity contribution in [1.29, 1.82) is 0 Å². The third kappa shape index (κ3) is 4.32. The number of hydrogen-bond donors (Lipinski definition) is 0. The van der Waals surface area contributed by atoms with Gasteiger partial charge < -0.3 is 14.4 Å². The maximum atomic E-state index is 11.9. The van der Waals surface area contributed by atoms with Crippen molar-refractivity contribution in [2.75, 3.05) is 37.9 Å². The largest absolute Gasteiger partial charge is 0.454 e. The van der Waals surface area contributed by atoms with E-state index < -0.39 is 0 Å². The number of anilines is 1. The molecule has 1 aromatic heterocycles. The number of nitrogens with zero attached hydrogens (tertiary/aromatic N) is 5. The lowest BCUT2D eigenvalue weighted by molar-refractivity contribution is -0.387. The topological polar surface area (TPSA) is 93.9 Å². The van der Waals surface area contributed by atoms with E-state index in [1.54, 1.807) is 0 Å². The average Bonchev–Trinajstić information content (AvgIpc) is 3.28. The number of ether oxygens (including phenoxy) is 2. The Morgan fingerprint density at radius 3 is 2.56 bits per heavy atom. The van der Waals surface area contributed by atoms with Gasteiger partial charge in [-0.3, -0.25) is 15.0 Å². The first kappa shape index (κ1) is 20.5. The quantitative estimate of drug-likeness (QED) is 0.317. The summed E-state index contributed by atoms with van der Waals surface area (Å²) >= 11 is 1.28. The van der Waals surface area contributed by atoms with Gasteiger partial charge in [-0.05, 0) is 29.8 Å². The highest BCUT2D eigenvalue weighted by Crippen LogP contribution is 2.38. The maximum absolute atomic E-state index is 11.9. The van der Waals surface area contributed by atoms with Gasteiger partial charge in [0.05, 0.1) is 4.92 Å². The van der Waals surface area contributed by atoms with Gasteiger partial charge in [-0.25, -0.2) is 9.97 Å². The number of aromatic nitrogens is 2. The molecule has 0 N–H and O–H groups in total. The van der Waals surface area contributed by atoms with E-state index in [-0.39, 0.29) is 17.4 Å². The third-order valence-electron chi connectivity index (χ3n) is 5.42. The Morgan fingerprint density at radius 2 is 1.78 bits per heavy atom. The van der Waals surface area contributed by atoms with Gasteiger partial charge in [-0.1, -0.05) is 36.0 Å². The summed E-state index contributed by atoms with van der Waals surface area (Å²) in [6.07, 6.45) is 1.41. The highest BCUT2D eigenvalue weighted by molar-refractivity contribution is 7.99. The van der Waals surface area contributed by atoms with Crippen LogP contribution in [0.15, 0.2) is 64.8 Å². The van der Waals surface area contributed by atoms with Crippen LogP contribution in [0.5, 0.6) is 11.5 Å². The van der Waals surface area contributed by atoms with Crippen molar-refractivity contribution in [3.05, 3.63) is 70.5 Å². The van der Waals surface area contributed by atoms with E-state index in [1.165, 1.54) is 18.1 Å². The zero-order valence-corrected chi connectivity index (χ0v) is 18.0. The van der Waals surface area contributed by atoms with E-state index in [9.17, 15) is 10.1 Å². The molecule has 2 aliphatic heterocycles. The summed E-state index contributed by atoms with van der Waals surface area (Å²) < 4.78 is 10.8. The van der Waals surface area contributed by atoms with Gasteiger partial charge in [0.1, 0.15) is 6.33 Å². The van der Waals surface area contributed by atoms with E-state index in [2.05, 4.69) is 14.9 Å². The van der Waals surface area contributed by atoms with Gasteiger partial charge in [-0.15, -0.1) is 0 Å². The van der Waals surface area contributed by atoms with Crippen LogP contribution in [0.2, 0.25) is 0 Å². The van der Waals surface area contributed by atoms with E-state index in [1.807, 2.05) is 53.4 Å². The van der Waals surface area contributed by atoms with Crippen LogP contribution in [0.4, 0.5) is 11.5 Å². The van der Waals surface area contributed by atoms with Crippen LogP contribution in [-0.4, -0.2) is 52.8 Å². The Labute approximate surface area is 189 Å². The number of nitro groups is 1. The molecule has 0 bridgehead atoms. The molecule has 0 unspecified atom stereocenters. The summed E-state index contributed by atoms with van der Waals surface area (Å²) in [6, 6.07) is 15.5. The van der Waals surface area contributed by atoms with Gasteiger partial charge in [0.2, 0.25) is 12.6 Å². The van der Waals surface area contributed by atoms with E-state index in [4.69, 9.17) is 9.47 Å². The molecule has 0 atom stereocenters. The molecule has 1 fully saturated rings. The van der Waals surface area contributed by atoms with Crippen molar-refractivity contribution < 1.29 is 14.4 Å². The maximum Gasteiger partial charge on any atom is 0.343 e. The lowest BCUT2D eigenvalue weighted by Crippen LogP contribution is -2.46. The van der Waals surface area contributed by atoms with Crippen molar-refractivity contribution in [2.45, 2.75) is 16.5 Å². The predicted octanol–water partition coefficient (Wildman–Crippen LogP) is 3.59. The van der Waals surface area contributed by atoms with Crippen LogP contribution in [0.3, 0.4) is 0 Å². The summed E-state index contributed by atoms with van der Waals surface area (Å²) in [5.41, 5.74) is 1.11. The Balaban J connectivity index is 1.29. The summed E-state index contributed by atoms with van der Waals surface area (Å²) in [4.78, 5) is 25.2. The smallest absolute Gasteiger partial charge is 0.343 e. The van der Waals surface area contributed by atoms with Crippen LogP contribution in [0.1, 0.15) is 5.56 Å². The van der Waals surface area contributed by atoms with Crippen molar-refractivity contribution >= 4 is 23.3 Å². The lowest BCUT2D eigenvalue weighted by atomic mass is 10.1. The Hall–Kier alpha value is -3.37. The van der Waals surface area contributed by atoms with Gasteiger partial charge >= 0.3 is 5.69 Å². The molecule has 0 amide bonds. The Morgan fingerprint density at radius 1 is 1.00 bits per heavy atom. The molecule has 0 aliphatic carbocycles. The first-order valence-corrected chi connectivity index (χ1v) is 11.1. The van der Waals surface area contributed by atoms with Crippen molar-refractivity contribution in [2.24, 2.45) is 0 Å². The second-order valence-electron chi connectivity index (χ2n) is 7.47. The lowest BCUT2D eigenvalue weighted by Gasteiger charge is -2.35. The number of benzene rings is 2. The minimum Gasteiger partial charge on any atom is -0.454 e. The molecule has 1 saturated heterocycles. The molecular weight excluding hydrogens is 430 g/mol. The number of hydrogen-bond acceptors (Lipinski definition) is 9. The molecule has 10 heteroatoms. The van der Waals surface area contributed by atoms with Crippen LogP contribution in [0.25, 0.3) is 0 Å². The second kappa shape index (κ2) is 9.01. The molecule has 164 valence electrons. The van der Waals surface area contributed by atoms with Gasteiger partial charge in [0.25, 0.3) is 0 Å². The fourth-order valence-electron chi connectivity index (χ4n) is 3.84. The minimum atomic E-state index is -0.375. The van der Waals surface area contributed by atoms with Crippen molar-refractivity contribution in [1.82, 2.24) is 14.9 Å². The Kier molecular flexibility index (Phi) is 5.78. The third-order valence-corrected chi connectivity index (χ3v) is 6.42. The molecule has 2 aromatic carbocycles. The van der Waals surface area contributed by atoms with Crippen LogP contribution in [0, 0.1) is 10.1 Å². The van der Waals surface area contributed by atoms with Crippen LogP contribution < -0.4 is 14.4 Å². The predicted molar refractivity (Wildman–Crippen MR) is 119 cm³/mol. The molecule has 0 radical (unpaired) electrons. The Bertz CT molecular complexity index is 1120. The number of fused-ring (bicyclic) bond motifs is 1. The fourth-order valence-corrected chi connectivity index (χ4v) is 4.71. The summed E-state index contributed by atoms with van der Waals surface area (Å²) in [5.74, 6) is 1.94. The zero-order chi connectivity index (χ0) is 21.9. The fraction of sp³-hybridized carbons (Fsp3) is 0.273. The molecule has 0 saturated carbocycles. The van der Waals surface area contributed by atoms with Gasteiger partial charge in [0.15, 0.2) is 16.5 Å². The molecule has 9 nitrogen and oxygen atoms in total. The first-order valence-electron chi connectivity index (χ1n) is 10.3. The van der Waals surface area contributed by atoms with Gasteiger partial charge in [-0.2, -0.15) is 0 Å². The molecule has 32 heavy (non-hydrogen) atoms. The zero-order valence-electron chi connectivity index (χ0n) is 17.2. The first-order chi connectivity index (χ1) is 15.7. The molecule has 3 aromatic rings. The normalized spacial score (nSPS) is 15.7. The highest BCUT2D eigenvalue weighted by atomic mass is 32.2. The molecule has 3 heterocycles. The monoisotopic (exact) mass is 451 g/mol. The average molecular weight is 452 g/mol. The SMILES string of the molecule is O=[N+]([O-])c1c(Sc2ccccc2)ncnc1N1CCN(Cc2ccc3c(c2)OCO3)CC1. The minimum absolute atomic E-state index is 0.0365. The molecule has 0 spiro atoms. The number of rotatable bonds is 6. The molecule has 2 aliphatic rings. The second-order valence-corrected chi connectivity index (χ2v) is 8.54. The highest BCUT2D eigenvalue weighted by Gasteiger charge is 2.29. The van der Waals surface area contributed by atoms with Gasteiger partial charge in [0, 0.05) is 37.6 Å². The van der Waals surface area contributed by atoms with E-state index in [0.717, 1.165) is 41.6 Å². The van der Waals surface area contributed by atoms with Crippen LogP contribution in [-0.2, 0) is 6.54 Å².